The summed E-state index contributed by atoms with van der Waals surface area (Å²) in [5.41, 5.74) is 0. The second kappa shape index (κ2) is 34.4. The molecule has 4 heterocycles. The number of Topliss-reactive ketones (excluding diaryl/α,β-unsaturated/α-hetero) is 2. The van der Waals surface area contributed by atoms with Crippen LogP contribution in [0.2, 0.25) is 0 Å². The van der Waals surface area contributed by atoms with Crippen molar-refractivity contribution >= 4 is 62.7 Å². The van der Waals surface area contributed by atoms with Gasteiger partial charge in [0.1, 0.15) is 24.4 Å². The average Bonchev–Trinajstić information content (AvgIpc) is 3.71. The third-order valence-corrected chi connectivity index (χ3v) is 20.9. The van der Waals surface area contributed by atoms with Gasteiger partial charge in [0.15, 0.2) is 50.9 Å². The van der Waals surface area contributed by atoms with Crippen molar-refractivity contribution in [2.24, 2.45) is 23.7 Å². The fraction of sp³-hybridized carbons (Fsp3) is 0.920. The Morgan fingerprint density at radius 3 is 0.733 bits per heavy atom. The summed E-state index contributed by atoms with van der Waals surface area (Å²) >= 11 is 0. The highest BCUT2D eigenvalue weighted by atomic mass is 32.2. The van der Waals surface area contributed by atoms with Crippen LogP contribution in [0, 0.1) is 23.7 Å². The first-order valence-electron chi connectivity index (χ1n) is 27.2. The normalized spacial score (nSPS) is 26.6. The predicted molar refractivity (Wildman–Crippen MR) is 286 cm³/mol. The van der Waals surface area contributed by atoms with E-state index in [9.17, 15) is 106 Å². The standard InChI is InChI=1S/2C13H22F3NO5S.2C12H19F3O4S/c2*1-9-8-10(22-11(9)12(18)17(2)21-3)4-6-23(19,20)7-5-13(14,15)16;2*1-8-7-10(19-11(8)9(2)16)3-5-20(17,18)6-4-12(13,14)15/h2*9-11H,4-8H2,1-3H3;2*8,10-11H,3-7H2,1-2H3/t2*9-,10+,11+;2*8-,10+,11+/m1010/s1. The van der Waals surface area contributed by atoms with Crippen molar-refractivity contribution in [3.05, 3.63) is 0 Å². The molecule has 4 saturated heterocycles. The number of hydroxylamine groups is 4. The van der Waals surface area contributed by atoms with E-state index < -0.39 is 149 Å². The van der Waals surface area contributed by atoms with Crippen molar-refractivity contribution in [2.75, 3.05) is 74.3 Å². The highest BCUT2D eigenvalue weighted by Gasteiger charge is 2.42. The lowest BCUT2D eigenvalue weighted by atomic mass is 9.99. The molecule has 4 aliphatic heterocycles. The van der Waals surface area contributed by atoms with Gasteiger partial charge in [-0.2, -0.15) is 52.7 Å². The molecule has 0 saturated carbocycles. The van der Waals surface area contributed by atoms with E-state index in [2.05, 4.69) is 0 Å². The number of sulfone groups is 4. The van der Waals surface area contributed by atoms with Crippen LogP contribution < -0.4 is 0 Å². The molecule has 508 valence electrons. The lowest BCUT2D eigenvalue weighted by Gasteiger charge is -2.20. The number of hydrogen-bond acceptors (Lipinski definition) is 18. The number of ether oxygens (including phenoxy) is 4. The van der Waals surface area contributed by atoms with E-state index in [1.165, 1.54) is 42.2 Å². The molecule has 0 radical (unpaired) electrons. The number of halogens is 12. The summed E-state index contributed by atoms with van der Waals surface area (Å²) in [6, 6.07) is 0. The lowest BCUT2D eigenvalue weighted by Crippen LogP contribution is -2.38. The number of likely N-dealkylation sites (N-methyl/N-ethyl adjacent to an activating group) is 2. The number of rotatable bonds is 26. The molecule has 4 aliphatic rings. The van der Waals surface area contributed by atoms with E-state index in [1.807, 2.05) is 13.8 Å². The first kappa shape index (κ1) is 81.0. The monoisotopic (exact) mass is 1350 g/mol. The Morgan fingerprint density at radius 1 is 0.384 bits per heavy atom. The number of ketones is 2. The van der Waals surface area contributed by atoms with Crippen LogP contribution in [-0.4, -0.2) is 215 Å². The van der Waals surface area contributed by atoms with Gasteiger partial charge < -0.3 is 18.9 Å². The van der Waals surface area contributed by atoms with Crippen molar-refractivity contribution < 1.29 is 134 Å². The summed E-state index contributed by atoms with van der Waals surface area (Å²) in [4.78, 5) is 56.0. The van der Waals surface area contributed by atoms with Gasteiger partial charge in [0.05, 0.1) is 110 Å². The molecular formula is C50H82F12N2O18S4. The highest BCUT2D eigenvalue weighted by Crippen LogP contribution is 2.34. The van der Waals surface area contributed by atoms with E-state index in [4.69, 9.17) is 28.6 Å². The number of alkyl halides is 12. The quantitative estimate of drug-likeness (QED) is 0.0604. The van der Waals surface area contributed by atoms with Crippen molar-refractivity contribution in [1.29, 1.82) is 0 Å². The van der Waals surface area contributed by atoms with Crippen molar-refractivity contribution in [3.8, 4) is 0 Å². The molecule has 0 aliphatic carbocycles. The Balaban J connectivity index is 0.000000575. The molecule has 12 atom stereocenters. The van der Waals surface area contributed by atoms with E-state index in [0.29, 0.717) is 25.7 Å². The summed E-state index contributed by atoms with van der Waals surface area (Å²) in [5.74, 6) is -6.29. The number of nitrogens with zero attached hydrogens (tertiary/aromatic N) is 2. The van der Waals surface area contributed by atoms with Crippen LogP contribution in [0.15, 0.2) is 0 Å². The Labute approximate surface area is 495 Å². The maximum Gasteiger partial charge on any atom is 0.390 e. The third-order valence-electron chi connectivity index (χ3n) is 14.2. The zero-order chi connectivity index (χ0) is 66.8. The number of hydrogen-bond donors (Lipinski definition) is 0. The first-order valence-corrected chi connectivity index (χ1v) is 34.5. The van der Waals surface area contributed by atoms with Crippen LogP contribution in [0.5, 0.6) is 0 Å². The molecule has 0 N–H and O–H groups in total. The predicted octanol–water partition coefficient (Wildman–Crippen LogP) is 7.37. The van der Waals surface area contributed by atoms with Gasteiger partial charge in [-0.25, -0.2) is 43.8 Å². The molecule has 0 unspecified atom stereocenters. The van der Waals surface area contributed by atoms with Gasteiger partial charge in [-0.15, -0.1) is 0 Å². The summed E-state index contributed by atoms with van der Waals surface area (Å²) < 4.78 is 259. The second-order valence-corrected chi connectivity index (χ2v) is 31.3. The van der Waals surface area contributed by atoms with Gasteiger partial charge in [0, 0.05) is 14.1 Å². The second-order valence-electron chi connectivity index (χ2n) is 22.0. The van der Waals surface area contributed by atoms with Gasteiger partial charge in [-0.1, -0.05) is 27.7 Å². The van der Waals surface area contributed by atoms with Crippen LogP contribution in [0.4, 0.5) is 52.7 Å². The molecule has 4 fully saturated rings. The summed E-state index contributed by atoms with van der Waals surface area (Å²) in [6.07, 6.45) is -25.0. The topological polar surface area (TPSA) is 267 Å². The van der Waals surface area contributed by atoms with Gasteiger partial charge in [-0.3, -0.25) is 28.9 Å². The van der Waals surface area contributed by atoms with E-state index in [1.54, 1.807) is 13.8 Å². The van der Waals surface area contributed by atoms with Crippen molar-refractivity contribution in [1.82, 2.24) is 10.1 Å². The van der Waals surface area contributed by atoms with Gasteiger partial charge in [0.2, 0.25) is 0 Å². The molecule has 36 heteroatoms. The van der Waals surface area contributed by atoms with Crippen LogP contribution in [0.3, 0.4) is 0 Å². The van der Waals surface area contributed by atoms with E-state index >= 15 is 0 Å². The summed E-state index contributed by atoms with van der Waals surface area (Å²) in [6.45, 7) is 10.1. The van der Waals surface area contributed by atoms with Crippen LogP contribution in [0.1, 0.15) is 119 Å². The van der Waals surface area contributed by atoms with Crippen molar-refractivity contribution in [3.63, 3.8) is 0 Å². The van der Waals surface area contributed by atoms with E-state index in [0.717, 1.165) is 10.1 Å². The molecule has 0 aromatic rings. The fourth-order valence-corrected chi connectivity index (χ4v) is 14.8. The minimum absolute atomic E-state index is 0.00961. The summed E-state index contributed by atoms with van der Waals surface area (Å²) in [7, 11) is -9.53. The molecule has 0 spiro atoms. The Morgan fingerprint density at radius 2 is 0.570 bits per heavy atom. The van der Waals surface area contributed by atoms with Gasteiger partial charge in [0.25, 0.3) is 11.8 Å². The molecule has 0 bridgehead atoms. The minimum atomic E-state index is -4.49. The van der Waals surface area contributed by atoms with E-state index in [-0.39, 0.29) is 108 Å². The van der Waals surface area contributed by atoms with Crippen LogP contribution >= 0.6 is 0 Å². The van der Waals surface area contributed by atoms with Crippen LogP contribution in [-0.2, 0) is 87.1 Å². The maximum absolute atomic E-state index is 12.1. The van der Waals surface area contributed by atoms with Gasteiger partial charge in [-0.05, 0) is 88.9 Å². The molecule has 20 nitrogen and oxygen atoms in total. The Hall–Kier alpha value is -3.00. The zero-order valence-corrected chi connectivity index (χ0v) is 52.7. The SMILES string of the molecule is CC(=O)[C@@H]1O[C@H](CCS(=O)(=O)CCC(F)(F)F)C[C@@H]1C.CC(=O)[C@H]1O[C@@H](CCS(=O)(=O)CCC(F)(F)F)C[C@H]1C.CON(C)C(=O)[C@@H]1O[C@H](CCS(=O)(=O)CCC(F)(F)F)C[C@@H]1C.CON(C)C(=O)[C@H]1O[C@@H](CCS(=O)(=O)CCC(F)(F)F)C[C@H]1C. The third kappa shape index (κ3) is 33.2. The molecule has 0 aromatic heterocycles. The molecule has 86 heavy (non-hydrogen) atoms. The number of carbonyl (C=O) groups excluding carboxylic acids is 4. The lowest BCUT2D eigenvalue weighted by molar-refractivity contribution is -0.181. The number of amides is 2. The van der Waals surface area contributed by atoms with Crippen LogP contribution in [0.25, 0.3) is 0 Å². The largest absolute Gasteiger partial charge is 0.390 e. The Bertz CT molecular complexity index is 2430. The molecule has 2 amide bonds. The maximum atomic E-state index is 12.1. The Kier molecular flexibility index (Phi) is 32.4. The zero-order valence-electron chi connectivity index (χ0n) is 49.5. The fourth-order valence-electron chi connectivity index (χ4n) is 9.36. The molecule has 4 rings (SSSR count). The molecule has 0 aromatic carbocycles. The molecular weight excluding hydrogens is 1270 g/mol. The van der Waals surface area contributed by atoms with Crippen molar-refractivity contribution in [2.45, 2.75) is 192 Å². The average molecular weight is 1360 g/mol. The highest BCUT2D eigenvalue weighted by molar-refractivity contribution is 7.92. The summed E-state index contributed by atoms with van der Waals surface area (Å²) in [5, 5.41) is 2.06. The minimum Gasteiger partial charge on any atom is -0.367 e. The smallest absolute Gasteiger partial charge is 0.367 e. The first-order chi connectivity index (χ1) is 38.9. The number of carbonyl (C=O) groups is 4. The van der Waals surface area contributed by atoms with Gasteiger partial charge >= 0.3 is 24.7 Å².